The van der Waals surface area contributed by atoms with Crippen LogP contribution in [0.25, 0.3) is 22.2 Å². The largest absolute Gasteiger partial charge is 0.507 e. The molecule has 2 N–H and O–H groups in total. The predicted octanol–water partition coefficient (Wildman–Crippen LogP) is 3.56. The van der Waals surface area contributed by atoms with E-state index in [2.05, 4.69) is 25.5 Å². The van der Waals surface area contributed by atoms with E-state index in [-0.39, 0.29) is 5.75 Å². The standard InChI is InChI=1S/C20H21N5OS/c26-18-7-13-10-21-5-4-12(13)6-17(18)20-22-11-19(24-25-20)27-16-8-14-2-1-3-15(9-16)23-14/h4-7,10-11,14-16,23,26H,1-3,8-9H2. The summed E-state index contributed by atoms with van der Waals surface area (Å²) in [6.07, 6.45) is 11.5. The number of fused-ring (bicyclic) bond motifs is 3. The van der Waals surface area contributed by atoms with E-state index in [0.29, 0.717) is 28.7 Å². The van der Waals surface area contributed by atoms with Crippen molar-refractivity contribution in [2.24, 2.45) is 0 Å². The second-order valence-electron chi connectivity index (χ2n) is 7.41. The molecule has 0 aliphatic carbocycles. The SMILES string of the molecule is Oc1cc2cnccc2cc1-c1ncc(SC2CC3CCCC(C2)N3)nn1. The topological polar surface area (TPSA) is 83.8 Å². The number of phenols is 1. The Morgan fingerprint density at radius 2 is 1.89 bits per heavy atom. The summed E-state index contributed by atoms with van der Waals surface area (Å²) in [6, 6.07) is 6.78. The highest BCUT2D eigenvalue weighted by molar-refractivity contribution is 7.99. The number of benzene rings is 1. The average Bonchev–Trinajstić information content (AvgIpc) is 2.68. The number of nitrogens with zero attached hydrogens (tertiary/aromatic N) is 4. The molecular weight excluding hydrogens is 358 g/mol. The minimum Gasteiger partial charge on any atom is -0.507 e. The molecule has 7 heteroatoms. The van der Waals surface area contributed by atoms with E-state index >= 15 is 0 Å². The lowest BCUT2D eigenvalue weighted by Crippen LogP contribution is -2.49. The Bertz CT molecular complexity index is 952. The molecule has 1 aromatic carbocycles. The molecular formula is C20H21N5OS. The van der Waals surface area contributed by atoms with Gasteiger partial charge < -0.3 is 10.4 Å². The molecule has 2 unspecified atom stereocenters. The fourth-order valence-corrected chi connectivity index (χ4v) is 5.43. The smallest absolute Gasteiger partial charge is 0.185 e. The summed E-state index contributed by atoms with van der Waals surface area (Å²) in [4.78, 5) is 8.55. The molecule has 138 valence electrons. The van der Waals surface area contributed by atoms with Crippen LogP contribution in [0.1, 0.15) is 32.1 Å². The van der Waals surface area contributed by atoms with E-state index in [0.717, 1.165) is 15.8 Å². The van der Waals surface area contributed by atoms with Gasteiger partial charge in [-0.15, -0.1) is 10.2 Å². The highest BCUT2D eigenvalue weighted by Crippen LogP contribution is 2.36. The zero-order valence-corrected chi connectivity index (χ0v) is 15.7. The van der Waals surface area contributed by atoms with Gasteiger partial charge in [-0.05, 0) is 49.3 Å². The average molecular weight is 379 g/mol. The number of nitrogens with one attached hydrogen (secondary N) is 1. The Kier molecular flexibility index (Phi) is 4.41. The Balaban J connectivity index is 1.35. The Morgan fingerprint density at radius 3 is 2.67 bits per heavy atom. The van der Waals surface area contributed by atoms with Crippen molar-refractivity contribution in [2.75, 3.05) is 0 Å². The molecule has 0 saturated carbocycles. The minimum absolute atomic E-state index is 0.142. The molecule has 2 saturated heterocycles. The van der Waals surface area contributed by atoms with Gasteiger partial charge in [0.15, 0.2) is 5.82 Å². The maximum Gasteiger partial charge on any atom is 0.185 e. The fourth-order valence-electron chi connectivity index (χ4n) is 4.23. The number of thioether (sulfide) groups is 1. The van der Waals surface area contributed by atoms with Crippen LogP contribution >= 0.6 is 11.8 Å². The van der Waals surface area contributed by atoms with E-state index in [4.69, 9.17) is 0 Å². The Labute approximate surface area is 161 Å². The summed E-state index contributed by atoms with van der Waals surface area (Å²) < 4.78 is 0. The molecule has 0 spiro atoms. The first kappa shape index (κ1) is 16.9. The first-order chi connectivity index (χ1) is 13.2. The van der Waals surface area contributed by atoms with Crippen LogP contribution in [0.4, 0.5) is 0 Å². The Hall–Kier alpha value is -2.25. The van der Waals surface area contributed by atoms with E-state index in [1.54, 1.807) is 36.4 Å². The van der Waals surface area contributed by atoms with Crippen molar-refractivity contribution >= 4 is 22.5 Å². The van der Waals surface area contributed by atoms with Gasteiger partial charge >= 0.3 is 0 Å². The van der Waals surface area contributed by atoms with E-state index < -0.39 is 0 Å². The van der Waals surface area contributed by atoms with Crippen molar-refractivity contribution in [3.05, 3.63) is 36.8 Å². The quantitative estimate of drug-likeness (QED) is 0.720. The summed E-state index contributed by atoms with van der Waals surface area (Å²) in [5.41, 5.74) is 0.592. The third-order valence-corrected chi connectivity index (χ3v) is 6.64. The van der Waals surface area contributed by atoms with Gasteiger partial charge in [0, 0.05) is 35.1 Å². The lowest BCUT2D eigenvalue weighted by atomic mass is 9.87. The number of hydrogen-bond acceptors (Lipinski definition) is 7. The summed E-state index contributed by atoms with van der Waals surface area (Å²) in [6.45, 7) is 0. The fraction of sp³-hybridized carbons (Fsp3) is 0.400. The molecule has 4 heterocycles. The number of aromatic hydroxyl groups is 1. The molecule has 3 aromatic rings. The number of hydrogen-bond donors (Lipinski definition) is 2. The molecule has 27 heavy (non-hydrogen) atoms. The monoisotopic (exact) mass is 379 g/mol. The first-order valence-electron chi connectivity index (χ1n) is 9.44. The zero-order chi connectivity index (χ0) is 18.2. The second-order valence-corrected chi connectivity index (χ2v) is 8.74. The molecule has 2 aliphatic heterocycles. The molecule has 2 bridgehead atoms. The molecule has 2 aliphatic rings. The summed E-state index contributed by atoms with van der Waals surface area (Å²) >= 11 is 1.79. The Morgan fingerprint density at radius 1 is 1.04 bits per heavy atom. The van der Waals surface area contributed by atoms with Gasteiger partial charge in [-0.25, -0.2) is 4.98 Å². The van der Waals surface area contributed by atoms with Gasteiger partial charge in [-0.2, -0.15) is 0 Å². The summed E-state index contributed by atoms with van der Waals surface area (Å²) in [5.74, 6) is 0.585. The normalized spacial score (nSPS) is 24.8. The third kappa shape index (κ3) is 3.49. The molecule has 2 fully saturated rings. The van der Waals surface area contributed by atoms with Crippen molar-refractivity contribution < 1.29 is 5.11 Å². The van der Waals surface area contributed by atoms with Crippen molar-refractivity contribution in [3.8, 4) is 17.1 Å². The van der Waals surface area contributed by atoms with Gasteiger partial charge in [-0.3, -0.25) is 4.98 Å². The molecule has 5 rings (SSSR count). The lowest BCUT2D eigenvalue weighted by Gasteiger charge is -2.39. The van der Waals surface area contributed by atoms with Gasteiger partial charge in [0.1, 0.15) is 10.8 Å². The number of phenolic OH excluding ortho intramolecular Hbond substituents is 1. The zero-order valence-electron chi connectivity index (χ0n) is 14.9. The number of pyridine rings is 1. The first-order valence-corrected chi connectivity index (χ1v) is 10.3. The number of rotatable bonds is 3. The van der Waals surface area contributed by atoms with Gasteiger partial charge in [0.2, 0.25) is 0 Å². The van der Waals surface area contributed by atoms with Crippen molar-refractivity contribution in [3.63, 3.8) is 0 Å². The molecule has 0 amide bonds. The summed E-state index contributed by atoms with van der Waals surface area (Å²) in [5, 5.41) is 26.0. The predicted molar refractivity (Wildman–Crippen MR) is 106 cm³/mol. The molecule has 2 atom stereocenters. The van der Waals surface area contributed by atoms with Crippen molar-refractivity contribution in [1.29, 1.82) is 0 Å². The van der Waals surface area contributed by atoms with Gasteiger partial charge in [0.05, 0.1) is 11.8 Å². The third-order valence-electron chi connectivity index (χ3n) is 5.50. The number of aromatic nitrogens is 4. The lowest BCUT2D eigenvalue weighted by molar-refractivity contribution is 0.249. The maximum atomic E-state index is 10.3. The molecule has 6 nitrogen and oxygen atoms in total. The van der Waals surface area contributed by atoms with E-state index in [9.17, 15) is 5.11 Å². The molecule has 2 aromatic heterocycles. The van der Waals surface area contributed by atoms with E-state index in [1.165, 1.54) is 32.1 Å². The van der Waals surface area contributed by atoms with Crippen LogP contribution in [0, 0.1) is 0 Å². The van der Waals surface area contributed by atoms with Crippen LogP contribution in [0.2, 0.25) is 0 Å². The maximum absolute atomic E-state index is 10.3. The van der Waals surface area contributed by atoms with Gasteiger partial charge in [-0.1, -0.05) is 18.2 Å². The van der Waals surface area contributed by atoms with Crippen molar-refractivity contribution in [1.82, 2.24) is 25.5 Å². The molecule has 0 radical (unpaired) electrons. The van der Waals surface area contributed by atoms with Crippen LogP contribution in [-0.4, -0.2) is 42.6 Å². The van der Waals surface area contributed by atoms with Crippen LogP contribution in [0.15, 0.2) is 41.8 Å². The van der Waals surface area contributed by atoms with Crippen LogP contribution in [0.3, 0.4) is 0 Å². The highest BCUT2D eigenvalue weighted by atomic mass is 32.2. The minimum atomic E-state index is 0.142. The number of piperidine rings is 2. The van der Waals surface area contributed by atoms with Crippen LogP contribution in [-0.2, 0) is 0 Å². The van der Waals surface area contributed by atoms with E-state index in [1.807, 2.05) is 12.1 Å². The van der Waals surface area contributed by atoms with Crippen LogP contribution < -0.4 is 5.32 Å². The van der Waals surface area contributed by atoms with Gasteiger partial charge in [0.25, 0.3) is 0 Å². The second kappa shape index (κ2) is 7.05. The summed E-state index contributed by atoms with van der Waals surface area (Å²) in [7, 11) is 0. The van der Waals surface area contributed by atoms with Crippen LogP contribution in [0.5, 0.6) is 5.75 Å². The van der Waals surface area contributed by atoms with Crippen molar-refractivity contribution in [2.45, 2.75) is 54.5 Å². The highest BCUT2D eigenvalue weighted by Gasteiger charge is 2.31.